The van der Waals surface area contributed by atoms with Gasteiger partial charge in [0.2, 0.25) is 5.91 Å². The fourth-order valence-corrected chi connectivity index (χ4v) is 6.13. The molecule has 6 nitrogen and oxygen atoms in total. The summed E-state index contributed by atoms with van der Waals surface area (Å²) in [6.07, 6.45) is 7.02. The molecule has 0 radical (unpaired) electrons. The Kier molecular flexibility index (Phi) is 4.94. The number of aliphatic hydroxyl groups excluding tert-OH is 1. The number of likely N-dealkylation sites (tertiary alicyclic amines) is 1. The average molecular weight is 410 g/mol. The van der Waals surface area contributed by atoms with E-state index in [4.69, 9.17) is 4.52 Å². The minimum atomic E-state index is -0.702. The largest absolute Gasteiger partial charge is 0.392 e. The lowest BCUT2D eigenvalue weighted by atomic mass is 9.69. The predicted molar refractivity (Wildman–Crippen MR) is 115 cm³/mol. The van der Waals surface area contributed by atoms with Gasteiger partial charge in [-0.3, -0.25) is 9.69 Å². The average Bonchev–Trinajstić information content (AvgIpc) is 3.24. The number of amides is 1. The summed E-state index contributed by atoms with van der Waals surface area (Å²) in [6.45, 7) is 5.29. The van der Waals surface area contributed by atoms with Crippen molar-refractivity contribution in [1.82, 2.24) is 10.1 Å². The third kappa shape index (κ3) is 2.92. The number of fused-ring (bicyclic) bond motifs is 1. The zero-order chi connectivity index (χ0) is 20.9. The molecule has 2 aliphatic heterocycles. The molecule has 30 heavy (non-hydrogen) atoms. The van der Waals surface area contributed by atoms with Crippen molar-refractivity contribution in [2.45, 2.75) is 70.4 Å². The van der Waals surface area contributed by atoms with Gasteiger partial charge >= 0.3 is 0 Å². The van der Waals surface area contributed by atoms with Gasteiger partial charge in [0, 0.05) is 23.4 Å². The number of nitrogens with zero attached hydrogens (tertiary/aromatic N) is 2. The van der Waals surface area contributed by atoms with E-state index in [1.54, 1.807) is 0 Å². The third-order valence-corrected chi connectivity index (χ3v) is 7.44. The molecular weight excluding hydrogens is 378 g/mol. The van der Waals surface area contributed by atoms with E-state index >= 15 is 0 Å². The molecule has 2 N–H and O–H groups in total. The summed E-state index contributed by atoms with van der Waals surface area (Å²) in [5, 5.41) is 17.8. The van der Waals surface area contributed by atoms with Crippen LogP contribution >= 0.6 is 0 Å². The van der Waals surface area contributed by atoms with Gasteiger partial charge < -0.3 is 14.9 Å². The van der Waals surface area contributed by atoms with Crippen LogP contribution in [0, 0.1) is 19.8 Å². The van der Waals surface area contributed by atoms with Crippen molar-refractivity contribution in [3.8, 4) is 11.1 Å². The molecule has 3 aliphatic rings. The molecular formula is C24H31N3O3. The van der Waals surface area contributed by atoms with Crippen LogP contribution in [0.15, 0.2) is 22.7 Å². The molecule has 0 bridgehead atoms. The van der Waals surface area contributed by atoms with E-state index in [1.165, 1.54) is 6.42 Å². The first-order valence-corrected chi connectivity index (χ1v) is 11.3. The molecule has 2 fully saturated rings. The molecule has 1 unspecified atom stereocenters. The number of nitrogens with one attached hydrogen (secondary N) is 1. The van der Waals surface area contributed by atoms with Crippen LogP contribution in [0.1, 0.15) is 62.0 Å². The van der Waals surface area contributed by atoms with Crippen molar-refractivity contribution in [1.29, 1.82) is 0 Å². The molecule has 1 aromatic carbocycles. The zero-order valence-corrected chi connectivity index (χ0v) is 17.9. The first-order chi connectivity index (χ1) is 14.5. The number of carbonyl (C=O) groups is 1. The van der Waals surface area contributed by atoms with Gasteiger partial charge in [-0.15, -0.1) is 0 Å². The highest BCUT2D eigenvalue weighted by Gasteiger charge is 2.56. The lowest BCUT2D eigenvalue weighted by Gasteiger charge is -2.48. The second kappa shape index (κ2) is 7.50. The van der Waals surface area contributed by atoms with Crippen molar-refractivity contribution >= 4 is 11.6 Å². The monoisotopic (exact) mass is 409 g/mol. The lowest BCUT2D eigenvalue weighted by molar-refractivity contribution is -0.136. The molecule has 2 aromatic rings. The predicted octanol–water partition coefficient (Wildman–Crippen LogP) is 4.14. The standard InChI is InChI=1S/C24H31N3O3/c1-15-22(16(2)30-26-15)17-10-11-21-20(13-17)24(23(29)25-21,18-7-4-3-5-8-18)27-12-6-9-19(28)14-27/h10-11,13,18-19,28H,3-9,12,14H2,1-2H3,(H,25,29)/t19-,24?/m1/s1. The maximum atomic E-state index is 13.7. The van der Waals surface area contributed by atoms with Crippen LogP contribution in [0.2, 0.25) is 0 Å². The Balaban J connectivity index is 1.68. The van der Waals surface area contributed by atoms with E-state index in [0.29, 0.717) is 6.54 Å². The number of piperidine rings is 1. The number of benzene rings is 1. The Morgan fingerprint density at radius 2 is 1.97 bits per heavy atom. The van der Waals surface area contributed by atoms with Crippen LogP contribution in [0.5, 0.6) is 0 Å². The number of aromatic nitrogens is 1. The number of anilines is 1. The number of hydrogen-bond acceptors (Lipinski definition) is 5. The molecule has 3 heterocycles. The Bertz CT molecular complexity index is 943. The molecule has 2 atom stereocenters. The van der Waals surface area contributed by atoms with Crippen molar-refractivity contribution < 1.29 is 14.4 Å². The molecule has 1 saturated heterocycles. The van der Waals surface area contributed by atoms with Gasteiger partial charge in [-0.25, -0.2) is 0 Å². The van der Waals surface area contributed by atoms with Crippen molar-refractivity contribution in [3.63, 3.8) is 0 Å². The van der Waals surface area contributed by atoms with Gasteiger partial charge in [-0.2, -0.15) is 0 Å². The molecule has 1 saturated carbocycles. The number of carbonyl (C=O) groups excluding carboxylic acids is 1. The fraction of sp³-hybridized carbons (Fsp3) is 0.583. The van der Waals surface area contributed by atoms with Gasteiger partial charge in [-0.1, -0.05) is 30.5 Å². The maximum Gasteiger partial charge on any atom is 0.249 e. The summed E-state index contributed by atoms with van der Waals surface area (Å²) >= 11 is 0. The number of β-amino-alcohol motifs (C(OH)–C–C–N with tert-alkyl or cyclic N) is 1. The topological polar surface area (TPSA) is 78.6 Å². The SMILES string of the molecule is Cc1noc(C)c1-c1ccc2c(c1)C(C1CCCCC1)(N1CCC[C@@H](O)C1)C(=O)N2. The molecule has 1 aliphatic carbocycles. The van der Waals surface area contributed by atoms with Crippen LogP contribution in [0.3, 0.4) is 0 Å². The lowest BCUT2D eigenvalue weighted by Crippen LogP contribution is -2.59. The highest BCUT2D eigenvalue weighted by Crippen LogP contribution is 2.52. The van der Waals surface area contributed by atoms with Gasteiger partial charge in [-0.05, 0) is 69.7 Å². The molecule has 0 spiro atoms. The van der Waals surface area contributed by atoms with Crippen LogP contribution in [0.25, 0.3) is 11.1 Å². The second-order valence-electron chi connectivity index (χ2n) is 9.26. The number of aryl methyl sites for hydroxylation is 2. The van der Waals surface area contributed by atoms with Crippen molar-refractivity contribution in [3.05, 3.63) is 35.2 Å². The van der Waals surface area contributed by atoms with E-state index in [0.717, 1.165) is 78.9 Å². The molecule has 1 amide bonds. The summed E-state index contributed by atoms with van der Waals surface area (Å²) in [7, 11) is 0. The van der Waals surface area contributed by atoms with Crippen LogP contribution in [-0.2, 0) is 10.3 Å². The Hall–Kier alpha value is -2.18. The van der Waals surface area contributed by atoms with E-state index in [9.17, 15) is 9.90 Å². The first kappa shape index (κ1) is 19.8. The molecule has 5 rings (SSSR count). The number of hydrogen-bond donors (Lipinski definition) is 2. The second-order valence-corrected chi connectivity index (χ2v) is 9.26. The van der Waals surface area contributed by atoms with Crippen LogP contribution in [0.4, 0.5) is 5.69 Å². The summed E-state index contributed by atoms with van der Waals surface area (Å²) in [4.78, 5) is 16.0. The number of rotatable bonds is 3. The van der Waals surface area contributed by atoms with E-state index in [1.807, 2.05) is 26.0 Å². The quantitative estimate of drug-likeness (QED) is 0.796. The number of aliphatic hydroxyl groups is 1. The normalized spacial score (nSPS) is 27.8. The van der Waals surface area contributed by atoms with E-state index < -0.39 is 5.54 Å². The smallest absolute Gasteiger partial charge is 0.249 e. The molecule has 1 aromatic heterocycles. The third-order valence-electron chi connectivity index (χ3n) is 7.44. The van der Waals surface area contributed by atoms with Crippen LogP contribution in [-0.4, -0.2) is 40.3 Å². The highest BCUT2D eigenvalue weighted by atomic mass is 16.5. The fourth-order valence-electron chi connectivity index (χ4n) is 6.13. The van der Waals surface area contributed by atoms with E-state index in [2.05, 4.69) is 21.4 Å². The van der Waals surface area contributed by atoms with Crippen molar-refractivity contribution in [2.24, 2.45) is 5.92 Å². The summed E-state index contributed by atoms with van der Waals surface area (Å²) < 4.78 is 5.41. The van der Waals surface area contributed by atoms with Crippen molar-refractivity contribution in [2.75, 3.05) is 18.4 Å². The zero-order valence-electron chi connectivity index (χ0n) is 17.9. The van der Waals surface area contributed by atoms with Gasteiger partial charge in [0.05, 0.1) is 11.8 Å². The summed E-state index contributed by atoms with van der Waals surface area (Å²) in [6, 6.07) is 6.25. The minimum absolute atomic E-state index is 0.0782. The molecule has 6 heteroatoms. The highest BCUT2D eigenvalue weighted by molar-refractivity contribution is 6.06. The van der Waals surface area contributed by atoms with Gasteiger partial charge in [0.15, 0.2) is 0 Å². The van der Waals surface area contributed by atoms with E-state index in [-0.39, 0.29) is 17.9 Å². The van der Waals surface area contributed by atoms with Gasteiger partial charge in [0.25, 0.3) is 0 Å². The Labute approximate surface area is 177 Å². The minimum Gasteiger partial charge on any atom is -0.392 e. The van der Waals surface area contributed by atoms with Gasteiger partial charge in [0.1, 0.15) is 11.3 Å². The Morgan fingerprint density at radius 3 is 2.67 bits per heavy atom. The first-order valence-electron chi connectivity index (χ1n) is 11.3. The summed E-state index contributed by atoms with van der Waals surface area (Å²) in [5.74, 6) is 1.13. The maximum absolute atomic E-state index is 13.7. The van der Waals surface area contributed by atoms with Crippen LogP contribution < -0.4 is 5.32 Å². The molecule has 160 valence electrons. The Morgan fingerprint density at radius 1 is 1.17 bits per heavy atom. The summed E-state index contributed by atoms with van der Waals surface area (Å²) in [5.41, 5.74) is 4.17.